The molecule has 0 fully saturated rings. The Hall–Kier alpha value is -0.840. The van der Waals surface area contributed by atoms with Crippen LogP contribution in [0, 0.1) is 0 Å². The van der Waals surface area contributed by atoms with Crippen LogP contribution in [0.2, 0.25) is 5.02 Å². The van der Waals surface area contributed by atoms with Crippen molar-refractivity contribution in [2.45, 2.75) is 26.3 Å². The molecule has 1 aromatic heterocycles. The third-order valence-electron chi connectivity index (χ3n) is 2.40. The van der Waals surface area contributed by atoms with E-state index in [9.17, 15) is 0 Å². The third-order valence-corrected chi connectivity index (χ3v) is 2.74. The molecule has 0 saturated heterocycles. The highest BCUT2D eigenvalue weighted by Gasteiger charge is 2.03. The molecule has 0 atom stereocenters. The molecular formula is C13H21ClN2O2. The standard InChI is InChI=1S/C13H21ClN2O2/c1-3-4-5-17-6-7-18-13-8-11(9-15-2)12(14)10-16-13/h8,10,15H,3-7,9H2,1-2H3. The molecule has 0 aliphatic carbocycles. The van der Waals surface area contributed by atoms with Crippen molar-refractivity contribution < 1.29 is 9.47 Å². The van der Waals surface area contributed by atoms with Gasteiger partial charge in [-0.15, -0.1) is 0 Å². The van der Waals surface area contributed by atoms with Crippen LogP contribution in [-0.2, 0) is 11.3 Å². The fourth-order valence-corrected chi connectivity index (χ4v) is 1.59. The Kier molecular flexibility index (Phi) is 7.73. The van der Waals surface area contributed by atoms with Crippen LogP contribution in [-0.4, -0.2) is 31.9 Å². The number of nitrogens with zero attached hydrogens (tertiary/aromatic N) is 1. The van der Waals surface area contributed by atoms with Crippen molar-refractivity contribution in [3.8, 4) is 5.88 Å². The smallest absolute Gasteiger partial charge is 0.213 e. The van der Waals surface area contributed by atoms with Crippen LogP contribution >= 0.6 is 11.6 Å². The van der Waals surface area contributed by atoms with Gasteiger partial charge in [-0.3, -0.25) is 0 Å². The summed E-state index contributed by atoms with van der Waals surface area (Å²) >= 11 is 6.01. The number of hydrogen-bond donors (Lipinski definition) is 1. The lowest BCUT2D eigenvalue weighted by Crippen LogP contribution is -2.10. The molecule has 0 unspecified atom stereocenters. The van der Waals surface area contributed by atoms with Crippen LogP contribution in [0.5, 0.6) is 5.88 Å². The van der Waals surface area contributed by atoms with E-state index in [0.717, 1.165) is 25.0 Å². The molecule has 0 saturated carbocycles. The van der Waals surface area contributed by atoms with Gasteiger partial charge in [0.15, 0.2) is 0 Å². The Morgan fingerprint density at radius 1 is 1.33 bits per heavy atom. The first kappa shape index (κ1) is 15.2. The van der Waals surface area contributed by atoms with Gasteiger partial charge in [-0.05, 0) is 19.0 Å². The lowest BCUT2D eigenvalue weighted by molar-refractivity contribution is 0.0965. The summed E-state index contributed by atoms with van der Waals surface area (Å²) < 4.78 is 10.9. The second kappa shape index (κ2) is 9.14. The van der Waals surface area contributed by atoms with Gasteiger partial charge in [0.2, 0.25) is 5.88 Å². The zero-order chi connectivity index (χ0) is 13.2. The Morgan fingerprint density at radius 2 is 2.17 bits per heavy atom. The first-order chi connectivity index (χ1) is 8.77. The van der Waals surface area contributed by atoms with Crippen LogP contribution in [0.3, 0.4) is 0 Å². The molecular weight excluding hydrogens is 252 g/mol. The van der Waals surface area contributed by atoms with Gasteiger partial charge in [0.05, 0.1) is 11.6 Å². The molecule has 0 aliphatic heterocycles. The van der Waals surface area contributed by atoms with Gasteiger partial charge in [-0.1, -0.05) is 24.9 Å². The SMILES string of the molecule is CCCCOCCOc1cc(CNC)c(Cl)cn1. The van der Waals surface area contributed by atoms with Crippen molar-refractivity contribution in [1.29, 1.82) is 0 Å². The van der Waals surface area contributed by atoms with Crippen molar-refractivity contribution in [3.63, 3.8) is 0 Å². The Balaban J connectivity index is 2.31. The molecule has 1 heterocycles. The highest BCUT2D eigenvalue weighted by Crippen LogP contribution is 2.18. The number of unbranched alkanes of at least 4 members (excludes halogenated alkanes) is 1. The number of nitrogens with one attached hydrogen (secondary N) is 1. The summed E-state index contributed by atoms with van der Waals surface area (Å²) in [6.07, 6.45) is 3.85. The Bertz CT molecular complexity index is 348. The largest absolute Gasteiger partial charge is 0.475 e. The summed E-state index contributed by atoms with van der Waals surface area (Å²) in [5.74, 6) is 0.587. The van der Waals surface area contributed by atoms with E-state index in [1.807, 2.05) is 13.1 Å². The van der Waals surface area contributed by atoms with Gasteiger partial charge in [-0.25, -0.2) is 4.98 Å². The molecule has 0 amide bonds. The molecule has 1 N–H and O–H groups in total. The van der Waals surface area contributed by atoms with Gasteiger partial charge in [-0.2, -0.15) is 0 Å². The van der Waals surface area contributed by atoms with Crippen molar-refractivity contribution >= 4 is 11.6 Å². The van der Waals surface area contributed by atoms with Crippen molar-refractivity contribution in [2.24, 2.45) is 0 Å². The molecule has 0 bridgehead atoms. The highest BCUT2D eigenvalue weighted by atomic mass is 35.5. The van der Waals surface area contributed by atoms with E-state index in [-0.39, 0.29) is 0 Å². The molecule has 0 aromatic carbocycles. The number of halogens is 1. The summed E-state index contributed by atoms with van der Waals surface area (Å²) in [5, 5.41) is 3.70. The van der Waals surface area contributed by atoms with E-state index in [0.29, 0.717) is 30.7 Å². The first-order valence-corrected chi connectivity index (χ1v) is 6.65. The minimum absolute atomic E-state index is 0.511. The predicted molar refractivity (Wildman–Crippen MR) is 73.2 cm³/mol. The lowest BCUT2D eigenvalue weighted by Gasteiger charge is -2.08. The van der Waals surface area contributed by atoms with Crippen molar-refractivity contribution in [1.82, 2.24) is 10.3 Å². The zero-order valence-corrected chi connectivity index (χ0v) is 11.8. The van der Waals surface area contributed by atoms with Crippen molar-refractivity contribution in [3.05, 3.63) is 22.8 Å². The first-order valence-electron chi connectivity index (χ1n) is 6.27. The maximum atomic E-state index is 6.01. The summed E-state index contributed by atoms with van der Waals surface area (Å²) in [6.45, 7) is 4.73. The van der Waals surface area contributed by atoms with Crippen molar-refractivity contribution in [2.75, 3.05) is 26.9 Å². The molecule has 18 heavy (non-hydrogen) atoms. The molecule has 102 valence electrons. The van der Waals surface area contributed by atoms with Gasteiger partial charge in [0.25, 0.3) is 0 Å². The molecule has 0 radical (unpaired) electrons. The number of pyridine rings is 1. The molecule has 4 nitrogen and oxygen atoms in total. The van der Waals surface area contributed by atoms with Gasteiger partial charge in [0, 0.05) is 25.4 Å². The Morgan fingerprint density at radius 3 is 2.89 bits per heavy atom. The van der Waals surface area contributed by atoms with Crippen LogP contribution < -0.4 is 10.1 Å². The topological polar surface area (TPSA) is 43.4 Å². The number of aromatic nitrogens is 1. The quantitative estimate of drug-likeness (QED) is 0.702. The normalized spacial score (nSPS) is 10.6. The van der Waals surface area contributed by atoms with Crippen LogP contribution in [0.1, 0.15) is 25.3 Å². The molecule has 1 aromatic rings. The van der Waals surface area contributed by atoms with E-state index in [1.165, 1.54) is 0 Å². The molecule has 5 heteroatoms. The van der Waals surface area contributed by atoms with Crippen LogP contribution in [0.15, 0.2) is 12.3 Å². The maximum Gasteiger partial charge on any atom is 0.213 e. The van der Waals surface area contributed by atoms with E-state index in [1.54, 1.807) is 6.20 Å². The van der Waals surface area contributed by atoms with Gasteiger partial charge < -0.3 is 14.8 Å². The van der Waals surface area contributed by atoms with E-state index in [2.05, 4.69) is 17.2 Å². The van der Waals surface area contributed by atoms with Crippen LogP contribution in [0.25, 0.3) is 0 Å². The zero-order valence-electron chi connectivity index (χ0n) is 11.0. The third kappa shape index (κ3) is 5.67. The fraction of sp³-hybridized carbons (Fsp3) is 0.615. The monoisotopic (exact) mass is 272 g/mol. The summed E-state index contributed by atoms with van der Waals surface area (Å²) in [5.41, 5.74) is 0.982. The average molecular weight is 273 g/mol. The summed E-state index contributed by atoms with van der Waals surface area (Å²) in [6, 6.07) is 1.85. The predicted octanol–water partition coefficient (Wildman–Crippen LogP) is 2.65. The van der Waals surface area contributed by atoms with Gasteiger partial charge in [0.1, 0.15) is 6.61 Å². The van der Waals surface area contributed by atoms with Crippen LogP contribution in [0.4, 0.5) is 0 Å². The summed E-state index contributed by atoms with van der Waals surface area (Å²) in [4.78, 5) is 4.12. The van der Waals surface area contributed by atoms with E-state index < -0.39 is 0 Å². The minimum Gasteiger partial charge on any atom is -0.475 e. The fourth-order valence-electron chi connectivity index (χ4n) is 1.42. The van der Waals surface area contributed by atoms with E-state index in [4.69, 9.17) is 21.1 Å². The summed E-state index contributed by atoms with van der Waals surface area (Å²) in [7, 11) is 1.87. The second-order valence-electron chi connectivity index (χ2n) is 3.96. The highest BCUT2D eigenvalue weighted by molar-refractivity contribution is 6.31. The Labute approximate surface area is 114 Å². The average Bonchev–Trinajstić information content (AvgIpc) is 2.37. The maximum absolute atomic E-state index is 6.01. The van der Waals surface area contributed by atoms with E-state index >= 15 is 0 Å². The molecule has 0 spiro atoms. The second-order valence-corrected chi connectivity index (χ2v) is 4.37. The van der Waals surface area contributed by atoms with Gasteiger partial charge >= 0.3 is 0 Å². The number of hydrogen-bond acceptors (Lipinski definition) is 4. The minimum atomic E-state index is 0.511. The molecule has 0 aliphatic rings. The molecule has 1 rings (SSSR count). The number of rotatable bonds is 9. The lowest BCUT2D eigenvalue weighted by atomic mass is 10.2. The number of ether oxygens (including phenoxy) is 2.